The molecule has 0 saturated heterocycles. The summed E-state index contributed by atoms with van der Waals surface area (Å²) in [4.78, 5) is 11.1. The summed E-state index contributed by atoms with van der Waals surface area (Å²) >= 11 is 0. The first kappa shape index (κ1) is 22.5. The molecule has 4 unspecified atom stereocenters. The molecule has 0 amide bonds. The van der Waals surface area contributed by atoms with E-state index < -0.39 is 30.4 Å². The second kappa shape index (κ2) is 7.72. The van der Waals surface area contributed by atoms with Crippen LogP contribution in [0.25, 0.3) is 0 Å². The Morgan fingerprint density at radius 1 is 0.967 bits per heavy atom. The quantitative estimate of drug-likeness (QED) is 0.473. The molecule has 0 spiro atoms. The van der Waals surface area contributed by atoms with Crippen LogP contribution in [-0.2, 0) is 4.79 Å². The van der Waals surface area contributed by atoms with Crippen LogP contribution in [0.5, 0.6) is 0 Å². The molecule has 6 heteroatoms. The normalized spacial score (nSPS) is 54.0. The van der Waals surface area contributed by atoms with Gasteiger partial charge in [0.1, 0.15) is 0 Å². The summed E-state index contributed by atoms with van der Waals surface area (Å²) in [5, 5.41) is 53.1. The zero-order chi connectivity index (χ0) is 22.0. The van der Waals surface area contributed by atoms with E-state index in [0.29, 0.717) is 25.7 Å². The molecule has 0 aromatic rings. The molecular weight excluding hydrogens is 384 g/mol. The zero-order valence-corrected chi connectivity index (χ0v) is 18.6. The van der Waals surface area contributed by atoms with Crippen LogP contribution in [0.2, 0.25) is 0 Å². The number of fused-ring (bicyclic) bond motifs is 5. The van der Waals surface area contributed by atoms with Gasteiger partial charge in [0.05, 0.1) is 24.4 Å². The third kappa shape index (κ3) is 3.16. The zero-order valence-electron chi connectivity index (χ0n) is 18.6. The molecule has 4 saturated carbocycles. The van der Waals surface area contributed by atoms with Crippen LogP contribution >= 0.6 is 0 Å². The molecule has 6 nitrogen and oxygen atoms in total. The standard InChI is InChI=1S/C24H40O6/c1-12(4-7-19(27)28)14-5-6-15-20-16(11-18(26)24(14,15)3)23(2)9-8-13(25)10-17(23)21(29)22(20)30/h12-18,20-22,25-26,29-30H,4-11H2,1-3H3,(H,27,28)/t12-,13?,14-,15+,16+,17+,18?,20+,21?,22?,23-,24-/m1/s1. The first-order valence-corrected chi connectivity index (χ1v) is 12.0. The van der Waals surface area contributed by atoms with E-state index in [2.05, 4.69) is 20.8 Å². The Morgan fingerprint density at radius 3 is 2.33 bits per heavy atom. The van der Waals surface area contributed by atoms with Crippen molar-refractivity contribution in [2.45, 2.75) is 96.6 Å². The number of carboxylic acids is 1. The SMILES string of the molecule is C[C@H](CCC(=O)O)[C@H]1CC[C@H]2[C@@H]3C(O)C(O)[C@@H]4CC(O)CC[C@]4(C)[C@H]3CC(O)[C@]12C. The Morgan fingerprint density at radius 2 is 1.67 bits per heavy atom. The number of hydrogen-bond acceptors (Lipinski definition) is 5. The summed E-state index contributed by atoms with van der Waals surface area (Å²) in [6.45, 7) is 6.45. The van der Waals surface area contributed by atoms with Gasteiger partial charge in [0.15, 0.2) is 0 Å². The van der Waals surface area contributed by atoms with Gasteiger partial charge in [0.25, 0.3) is 0 Å². The minimum Gasteiger partial charge on any atom is -0.481 e. The van der Waals surface area contributed by atoms with Gasteiger partial charge in [0.2, 0.25) is 0 Å². The molecule has 4 rings (SSSR count). The van der Waals surface area contributed by atoms with Crippen molar-refractivity contribution in [1.29, 1.82) is 0 Å². The van der Waals surface area contributed by atoms with E-state index in [1.54, 1.807) is 0 Å². The van der Waals surface area contributed by atoms with Gasteiger partial charge in [-0.3, -0.25) is 4.79 Å². The van der Waals surface area contributed by atoms with Crippen molar-refractivity contribution in [2.75, 3.05) is 0 Å². The van der Waals surface area contributed by atoms with Crippen LogP contribution in [-0.4, -0.2) is 55.9 Å². The monoisotopic (exact) mass is 424 g/mol. The third-order valence-corrected chi connectivity index (χ3v) is 10.4. The first-order valence-electron chi connectivity index (χ1n) is 12.0. The largest absolute Gasteiger partial charge is 0.481 e. The average molecular weight is 425 g/mol. The van der Waals surface area contributed by atoms with E-state index in [1.807, 2.05) is 0 Å². The molecule has 0 heterocycles. The Bertz CT molecular complexity index is 668. The van der Waals surface area contributed by atoms with Gasteiger partial charge in [-0.15, -0.1) is 0 Å². The number of rotatable bonds is 4. The lowest BCUT2D eigenvalue weighted by Gasteiger charge is -2.64. The van der Waals surface area contributed by atoms with Crippen LogP contribution in [0, 0.1) is 46.3 Å². The number of carbonyl (C=O) groups is 1. The number of aliphatic hydroxyl groups excluding tert-OH is 4. The molecule has 4 aliphatic rings. The van der Waals surface area contributed by atoms with Crippen molar-refractivity contribution in [2.24, 2.45) is 46.3 Å². The van der Waals surface area contributed by atoms with Gasteiger partial charge in [-0.1, -0.05) is 20.8 Å². The van der Waals surface area contributed by atoms with Crippen molar-refractivity contribution in [3.63, 3.8) is 0 Å². The fourth-order valence-corrected chi connectivity index (χ4v) is 8.72. The second-order valence-corrected chi connectivity index (χ2v) is 11.5. The summed E-state index contributed by atoms with van der Waals surface area (Å²) in [5.74, 6) is -0.299. The fraction of sp³-hybridized carbons (Fsp3) is 0.958. The van der Waals surface area contributed by atoms with Crippen molar-refractivity contribution in [3.8, 4) is 0 Å². The van der Waals surface area contributed by atoms with E-state index in [1.165, 1.54) is 0 Å². The van der Waals surface area contributed by atoms with Crippen LogP contribution in [0.15, 0.2) is 0 Å². The summed E-state index contributed by atoms with van der Waals surface area (Å²) in [6.07, 6.45) is 2.67. The fourth-order valence-electron chi connectivity index (χ4n) is 8.72. The first-order chi connectivity index (χ1) is 14.0. The van der Waals surface area contributed by atoms with Gasteiger partial charge in [-0.05, 0) is 91.3 Å². The molecule has 0 aliphatic heterocycles. The summed E-state index contributed by atoms with van der Waals surface area (Å²) in [7, 11) is 0. The molecule has 0 aromatic carbocycles. The Kier molecular flexibility index (Phi) is 5.79. The minimum absolute atomic E-state index is 0.0541. The smallest absolute Gasteiger partial charge is 0.303 e. The van der Waals surface area contributed by atoms with E-state index in [9.17, 15) is 25.2 Å². The maximum atomic E-state index is 11.5. The van der Waals surface area contributed by atoms with Crippen molar-refractivity contribution in [1.82, 2.24) is 0 Å². The molecular formula is C24H40O6. The highest BCUT2D eigenvalue weighted by atomic mass is 16.4. The second-order valence-electron chi connectivity index (χ2n) is 11.5. The van der Waals surface area contributed by atoms with E-state index in [-0.39, 0.29) is 52.8 Å². The Hall–Kier alpha value is -0.690. The Balaban J connectivity index is 1.64. The molecule has 4 aliphatic carbocycles. The van der Waals surface area contributed by atoms with Gasteiger partial charge >= 0.3 is 5.97 Å². The van der Waals surface area contributed by atoms with Crippen LogP contribution in [0.3, 0.4) is 0 Å². The predicted octanol–water partition coefficient (Wildman–Crippen LogP) is 2.42. The molecule has 4 fully saturated rings. The molecule has 30 heavy (non-hydrogen) atoms. The highest BCUT2D eigenvalue weighted by Crippen LogP contribution is 2.68. The number of hydrogen-bond donors (Lipinski definition) is 5. The number of aliphatic carboxylic acids is 1. The molecule has 12 atom stereocenters. The summed E-state index contributed by atoms with van der Waals surface area (Å²) in [5.41, 5.74) is -0.547. The van der Waals surface area contributed by atoms with Gasteiger partial charge in [-0.25, -0.2) is 0 Å². The maximum absolute atomic E-state index is 11.5. The highest BCUT2D eigenvalue weighted by molar-refractivity contribution is 5.66. The topological polar surface area (TPSA) is 118 Å². The highest BCUT2D eigenvalue weighted by Gasteiger charge is 2.67. The van der Waals surface area contributed by atoms with Crippen LogP contribution in [0.4, 0.5) is 0 Å². The molecule has 5 N–H and O–H groups in total. The summed E-state index contributed by atoms with van der Waals surface area (Å²) in [6, 6.07) is 0. The van der Waals surface area contributed by atoms with Crippen molar-refractivity contribution >= 4 is 5.97 Å². The number of aliphatic hydroxyl groups is 4. The Labute approximate surface area is 179 Å². The number of carboxylic acid groups (broad SMARTS) is 1. The average Bonchev–Trinajstić information content (AvgIpc) is 3.05. The minimum atomic E-state index is -0.839. The maximum Gasteiger partial charge on any atom is 0.303 e. The van der Waals surface area contributed by atoms with Crippen molar-refractivity contribution < 1.29 is 30.3 Å². The lowest BCUT2D eigenvalue weighted by Crippen LogP contribution is -2.66. The van der Waals surface area contributed by atoms with Gasteiger partial charge in [0, 0.05) is 6.42 Å². The molecule has 0 radical (unpaired) electrons. The van der Waals surface area contributed by atoms with Crippen LogP contribution < -0.4 is 0 Å². The lowest BCUT2D eigenvalue weighted by atomic mass is 9.42. The van der Waals surface area contributed by atoms with Crippen LogP contribution in [0.1, 0.15) is 72.1 Å². The van der Waals surface area contributed by atoms with Gasteiger partial charge in [-0.2, -0.15) is 0 Å². The molecule has 172 valence electrons. The van der Waals surface area contributed by atoms with Gasteiger partial charge < -0.3 is 25.5 Å². The molecule has 0 aromatic heterocycles. The van der Waals surface area contributed by atoms with Crippen molar-refractivity contribution in [3.05, 3.63) is 0 Å². The van der Waals surface area contributed by atoms with E-state index in [4.69, 9.17) is 5.11 Å². The lowest BCUT2D eigenvalue weighted by molar-refractivity contribution is -0.243. The third-order valence-electron chi connectivity index (χ3n) is 10.4. The molecule has 0 bridgehead atoms. The predicted molar refractivity (Wildman–Crippen MR) is 111 cm³/mol. The summed E-state index contributed by atoms with van der Waals surface area (Å²) < 4.78 is 0. The van der Waals surface area contributed by atoms with E-state index in [0.717, 1.165) is 19.3 Å². The van der Waals surface area contributed by atoms with E-state index >= 15 is 0 Å².